The molecule has 0 radical (unpaired) electrons. The van der Waals surface area contributed by atoms with Gasteiger partial charge in [-0.1, -0.05) is 13.8 Å². The first-order chi connectivity index (χ1) is 14.3. The number of nitrogens with two attached hydrogens (primary N) is 1. The molecule has 4 rings (SSSR count). The van der Waals surface area contributed by atoms with Crippen LogP contribution < -0.4 is 22.0 Å². The first-order valence-electron chi connectivity index (χ1n) is 11.0. The minimum atomic E-state index is 0.148. The van der Waals surface area contributed by atoms with E-state index in [2.05, 4.69) is 34.7 Å². The zero-order chi connectivity index (χ0) is 21.4. The maximum atomic E-state index is 12.2. The number of carbonyl (C=O) groups is 1. The summed E-state index contributed by atoms with van der Waals surface area (Å²) in [5.41, 5.74) is 5.44. The fourth-order valence-corrected chi connectivity index (χ4v) is 4.69. The lowest BCUT2D eigenvalue weighted by Gasteiger charge is -2.32. The number of aromatic amines is 1. The van der Waals surface area contributed by atoms with Gasteiger partial charge in [0.15, 0.2) is 0 Å². The second kappa shape index (κ2) is 8.26. The van der Waals surface area contributed by atoms with Gasteiger partial charge in [0.2, 0.25) is 5.91 Å². The number of hydrogen-bond acceptors (Lipinski definition) is 5. The maximum absolute atomic E-state index is 12.2. The lowest BCUT2D eigenvalue weighted by Crippen LogP contribution is -2.53. The standard InChI is InChI=1S/C22H33N7O/c1-12(2)18-19(27-28-20(18)15-8-13(3)21(23)29(24)11-15)14-4-6-17(7-5-14)26-22(30)16-9-25-10-16/h8,11-12,14,16-17,23,25H,4-7,9-10,24H2,1-3H3,(H,26,30)(H,27,28). The molecule has 0 bridgehead atoms. The van der Waals surface area contributed by atoms with Crippen molar-refractivity contribution in [2.24, 2.45) is 5.92 Å². The van der Waals surface area contributed by atoms with E-state index in [1.165, 1.54) is 15.9 Å². The second-order valence-corrected chi connectivity index (χ2v) is 9.13. The van der Waals surface area contributed by atoms with E-state index in [0.29, 0.717) is 17.3 Å². The third-order valence-corrected chi connectivity index (χ3v) is 6.60. The van der Waals surface area contributed by atoms with Crippen LogP contribution in [0.2, 0.25) is 0 Å². The average molecular weight is 412 g/mol. The minimum Gasteiger partial charge on any atom is -0.353 e. The quantitative estimate of drug-likeness (QED) is 0.482. The molecule has 0 atom stereocenters. The van der Waals surface area contributed by atoms with Crippen molar-refractivity contribution < 1.29 is 4.79 Å². The Bertz CT molecular complexity index is 952. The van der Waals surface area contributed by atoms with Crippen LogP contribution in [-0.2, 0) is 4.79 Å². The van der Waals surface area contributed by atoms with Crippen LogP contribution in [0.3, 0.4) is 0 Å². The molecule has 2 aromatic rings. The summed E-state index contributed by atoms with van der Waals surface area (Å²) in [5, 5.41) is 22.4. The molecule has 1 saturated carbocycles. The Labute approximate surface area is 177 Å². The van der Waals surface area contributed by atoms with Crippen LogP contribution in [0.1, 0.15) is 68.2 Å². The molecule has 162 valence electrons. The maximum Gasteiger partial charge on any atom is 0.225 e. The number of nitrogen functional groups attached to an aromatic ring is 1. The molecule has 8 heteroatoms. The van der Waals surface area contributed by atoms with Gasteiger partial charge in [-0.25, -0.2) is 0 Å². The Morgan fingerprint density at radius 3 is 2.57 bits per heavy atom. The molecule has 0 spiro atoms. The fourth-order valence-electron chi connectivity index (χ4n) is 4.69. The Balaban J connectivity index is 1.51. The first-order valence-corrected chi connectivity index (χ1v) is 11.0. The summed E-state index contributed by atoms with van der Waals surface area (Å²) in [6, 6.07) is 2.27. The van der Waals surface area contributed by atoms with Gasteiger partial charge in [0.1, 0.15) is 5.49 Å². The van der Waals surface area contributed by atoms with Gasteiger partial charge in [-0.3, -0.25) is 20.0 Å². The van der Waals surface area contributed by atoms with Gasteiger partial charge < -0.3 is 16.5 Å². The summed E-state index contributed by atoms with van der Waals surface area (Å²) in [7, 11) is 0. The molecule has 30 heavy (non-hydrogen) atoms. The zero-order valence-corrected chi connectivity index (χ0v) is 18.1. The normalized spacial score (nSPS) is 22.1. The fraction of sp³-hybridized carbons (Fsp3) is 0.591. The molecule has 1 amide bonds. The van der Waals surface area contributed by atoms with Gasteiger partial charge in [-0.05, 0) is 50.2 Å². The molecular formula is C22H33N7O. The molecule has 0 aromatic carbocycles. The number of nitrogens with one attached hydrogen (secondary N) is 4. The number of H-pyrrole nitrogens is 1. The van der Waals surface area contributed by atoms with Crippen molar-refractivity contribution in [1.29, 1.82) is 5.41 Å². The van der Waals surface area contributed by atoms with Crippen molar-refractivity contribution in [3.8, 4) is 11.3 Å². The van der Waals surface area contributed by atoms with E-state index in [4.69, 9.17) is 11.3 Å². The second-order valence-electron chi connectivity index (χ2n) is 9.13. The van der Waals surface area contributed by atoms with Gasteiger partial charge in [0.05, 0.1) is 11.6 Å². The minimum absolute atomic E-state index is 0.148. The highest BCUT2D eigenvalue weighted by Gasteiger charge is 2.31. The molecule has 3 heterocycles. The van der Waals surface area contributed by atoms with E-state index in [1.807, 2.05) is 13.0 Å². The van der Waals surface area contributed by atoms with Crippen LogP contribution in [0.25, 0.3) is 11.3 Å². The van der Waals surface area contributed by atoms with E-state index in [1.54, 1.807) is 6.20 Å². The number of aromatic nitrogens is 3. The third-order valence-electron chi connectivity index (χ3n) is 6.60. The van der Waals surface area contributed by atoms with Crippen LogP contribution in [-0.4, -0.2) is 39.9 Å². The molecule has 1 saturated heterocycles. The van der Waals surface area contributed by atoms with E-state index in [0.717, 1.165) is 55.6 Å². The van der Waals surface area contributed by atoms with Crippen LogP contribution in [0.4, 0.5) is 0 Å². The highest BCUT2D eigenvalue weighted by Crippen LogP contribution is 2.39. The predicted molar refractivity (Wildman–Crippen MR) is 116 cm³/mol. The number of amides is 1. The summed E-state index contributed by atoms with van der Waals surface area (Å²) in [5.74, 6) is 7.07. The van der Waals surface area contributed by atoms with Crippen molar-refractivity contribution in [2.45, 2.75) is 64.3 Å². The van der Waals surface area contributed by atoms with Crippen molar-refractivity contribution in [3.05, 3.63) is 34.6 Å². The molecule has 1 aliphatic heterocycles. The monoisotopic (exact) mass is 411 g/mol. The van der Waals surface area contributed by atoms with Crippen LogP contribution >= 0.6 is 0 Å². The van der Waals surface area contributed by atoms with E-state index >= 15 is 0 Å². The van der Waals surface area contributed by atoms with Crippen molar-refractivity contribution >= 4 is 5.91 Å². The molecule has 2 aliphatic rings. The van der Waals surface area contributed by atoms with E-state index in [-0.39, 0.29) is 17.9 Å². The van der Waals surface area contributed by atoms with E-state index in [9.17, 15) is 4.79 Å². The number of hydrogen-bond donors (Lipinski definition) is 5. The Morgan fingerprint density at radius 1 is 1.30 bits per heavy atom. The Morgan fingerprint density at radius 2 is 2.00 bits per heavy atom. The molecule has 6 N–H and O–H groups in total. The summed E-state index contributed by atoms with van der Waals surface area (Å²) in [4.78, 5) is 12.2. The van der Waals surface area contributed by atoms with Gasteiger partial charge >= 0.3 is 0 Å². The van der Waals surface area contributed by atoms with Gasteiger partial charge in [-0.15, -0.1) is 0 Å². The van der Waals surface area contributed by atoms with Gasteiger partial charge in [-0.2, -0.15) is 5.10 Å². The summed E-state index contributed by atoms with van der Waals surface area (Å²) < 4.78 is 1.36. The van der Waals surface area contributed by atoms with Crippen LogP contribution in [0, 0.1) is 18.3 Å². The van der Waals surface area contributed by atoms with Crippen LogP contribution in [0.15, 0.2) is 12.3 Å². The smallest absolute Gasteiger partial charge is 0.225 e. The summed E-state index contributed by atoms with van der Waals surface area (Å²) in [6.45, 7) is 7.89. The topological polar surface area (TPSA) is 125 Å². The predicted octanol–water partition coefficient (Wildman–Crippen LogP) is 1.87. The van der Waals surface area contributed by atoms with Gasteiger partial charge in [0.25, 0.3) is 0 Å². The third kappa shape index (κ3) is 3.88. The highest BCUT2D eigenvalue weighted by molar-refractivity contribution is 5.80. The first kappa shape index (κ1) is 20.7. The number of aryl methyl sites for hydroxylation is 1. The lowest BCUT2D eigenvalue weighted by atomic mass is 9.80. The molecule has 2 fully saturated rings. The number of rotatable bonds is 5. The summed E-state index contributed by atoms with van der Waals surface area (Å²) in [6.07, 6.45) is 5.85. The largest absolute Gasteiger partial charge is 0.353 e. The van der Waals surface area contributed by atoms with Crippen molar-refractivity contribution in [2.75, 3.05) is 18.9 Å². The molecular weight excluding hydrogens is 378 g/mol. The number of carbonyl (C=O) groups excluding carboxylic acids is 1. The molecule has 0 unspecified atom stereocenters. The summed E-state index contributed by atoms with van der Waals surface area (Å²) >= 11 is 0. The molecule has 8 nitrogen and oxygen atoms in total. The Kier molecular flexibility index (Phi) is 5.69. The zero-order valence-electron chi connectivity index (χ0n) is 18.1. The SMILES string of the molecule is Cc1cc(-c2n[nH]c(C3CCC(NC(=O)C4CNC4)CC3)c2C(C)C)cn(N)c1=N. The average Bonchev–Trinajstić information content (AvgIpc) is 3.10. The van der Waals surface area contributed by atoms with E-state index < -0.39 is 0 Å². The molecule has 2 aromatic heterocycles. The number of pyridine rings is 1. The number of nitrogens with zero attached hydrogens (tertiary/aromatic N) is 2. The van der Waals surface area contributed by atoms with Crippen molar-refractivity contribution in [1.82, 2.24) is 25.5 Å². The van der Waals surface area contributed by atoms with Gasteiger partial charge in [0, 0.05) is 48.1 Å². The van der Waals surface area contributed by atoms with Crippen LogP contribution in [0.5, 0.6) is 0 Å². The highest BCUT2D eigenvalue weighted by atomic mass is 16.2. The van der Waals surface area contributed by atoms with Crippen molar-refractivity contribution in [3.63, 3.8) is 0 Å². The lowest BCUT2D eigenvalue weighted by molar-refractivity contribution is -0.127. The molecule has 1 aliphatic carbocycles. The Hall–Kier alpha value is -2.61.